The SMILES string of the molecule is Cc1ccc(C(=O)C(C)N(C)C(C)CC(C)C)cc1C. The summed E-state index contributed by atoms with van der Waals surface area (Å²) in [5, 5.41) is 0. The molecule has 0 aromatic heterocycles. The standard InChI is InChI=1S/C18H29NO/c1-12(2)10-15(5)19(7)16(6)18(20)17-9-8-13(3)14(4)11-17/h8-9,11-12,15-16H,10H2,1-7H3. The van der Waals surface area contributed by atoms with Gasteiger partial charge >= 0.3 is 0 Å². The molecule has 0 radical (unpaired) electrons. The van der Waals surface area contributed by atoms with Crippen molar-refractivity contribution in [3.8, 4) is 0 Å². The third kappa shape index (κ3) is 4.17. The van der Waals surface area contributed by atoms with Crippen molar-refractivity contribution >= 4 is 5.78 Å². The van der Waals surface area contributed by atoms with E-state index in [1.807, 2.05) is 25.1 Å². The molecule has 0 saturated carbocycles. The Balaban J connectivity index is 2.82. The molecular formula is C18H29NO. The predicted molar refractivity (Wildman–Crippen MR) is 86.4 cm³/mol. The molecule has 2 heteroatoms. The molecule has 0 spiro atoms. The topological polar surface area (TPSA) is 20.3 Å². The van der Waals surface area contributed by atoms with Crippen LogP contribution in [0.3, 0.4) is 0 Å². The Bertz CT molecular complexity index is 464. The third-order valence-corrected chi connectivity index (χ3v) is 4.29. The highest BCUT2D eigenvalue weighted by Crippen LogP contribution is 2.17. The van der Waals surface area contributed by atoms with Crippen LogP contribution in [0.2, 0.25) is 0 Å². The van der Waals surface area contributed by atoms with Gasteiger partial charge in [-0.2, -0.15) is 0 Å². The second-order valence-corrected chi connectivity index (χ2v) is 6.48. The van der Waals surface area contributed by atoms with E-state index < -0.39 is 0 Å². The van der Waals surface area contributed by atoms with Gasteiger partial charge in [-0.3, -0.25) is 9.69 Å². The number of carbonyl (C=O) groups is 1. The van der Waals surface area contributed by atoms with Crippen LogP contribution in [-0.2, 0) is 0 Å². The fourth-order valence-corrected chi connectivity index (χ4v) is 2.55. The second kappa shape index (κ2) is 7.03. The molecule has 2 unspecified atom stereocenters. The number of Topliss-reactive ketones (excluding diaryl/α,β-unsaturated/α-hetero) is 1. The monoisotopic (exact) mass is 275 g/mol. The first-order valence-electron chi connectivity index (χ1n) is 7.57. The molecule has 0 fully saturated rings. The predicted octanol–water partition coefficient (Wildman–Crippen LogP) is 4.24. The van der Waals surface area contributed by atoms with Gasteiger partial charge < -0.3 is 0 Å². The summed E-state index contributed by atoms with van der Waals surface area (Å²) in [6, 6.07) is 6.33. The molecule has 112 valence electrons. The second-order valence-electron chi connectivity index (χ2n) is 6.48. The fraction of sp³-hybridized carbons (Fsp3) is 0.611. The maximum atomic E-state index is 12.6. The number of hydrogen-bond acceptors (Lipinski definition) is 2. The van der Waals surface area contributed by atoms with Crippen molar-refractivity contribution in [2.75, 3.05) is 7.05 Å². The van der Waals surface area contributed by atoms with Crippen LogP contribution in [0.25, 0.3) is 0 Å². The smallest absolute Gasteiger partial charge is 0.179 e. The number of likely N-dealkylation sites (N-methyl/N-ethyl adjacent to an activating group) is 1. The van der Waals surface area contributed by atoms with Gasteiger partial charge in [0.2, 0.25) is 0 Å². The van der Waals surface area contributed by atoms with E-state index in [0.29, 0.717) is 12.0 Å². The summed E-state index contributed by atoms with van der Waals surface area (Å²) in [5.41, 5.74) is 3.24. The van der Waals surface area contributed by atoms with Crippen molar-refractivity contribution in [3.05, 3.63) is 34.9 Å². The van der Waals surface area contributed by atoms with Crippen molar-refractivity contribution in [2.45, 2.75) is 60.0 Å². The molecule has 2 atom stereocenters. The Kier molecular flexibility index (Phi) is 5.94. The van der Waals surface area contributed by atoms with E-state index in [1.165, 1.54) is 11.1 Å². The van der Waals surface area contributed by atoms with Gasteiger partial charge in [0.05, 0.1) is 6.04 Å². The molecule has 1 aromatic rings. The zero-order chi connectivity index (χ0) is 15.4. The maximum absolute atomic E-state index is 12.6. The van der Waals surface area contributed by atoms with Gasteiger partial charge in [-0.05, 0) is 64.3 Å². The fourth-order valence-electron chi connectivity index (χ4n) is 2.55. The van der Waals surface area contributed by atoms with Crippen LogP contribution < -0.4 is 0 Å². The summed E-state index contributed by atoms with van der Waals surface area (Å²) in [6.07, 6.45) is 1.11. The van der Waals surface area contributed by atoms with Gasteiger partial charge in [-0.25, -0.2) is 0 Å². The Hall–Kier alpha value is -1.15. The van der Waals surface area contributed by atoms with Crippen LogP contribution in [0.15, 0.2) is 18.2 Å². The van der Waals surface area contributed by atoms with Crippen LogP contribution >= 0.6 is 0 Å². The molecule has 0 N–H and O–H groups in total. The van der Waals surface area contributed by atoms with E-state index in [4.69, 9.17) is 0 Å². The summed E-state index contributed by atoms with van der Waals surface area (Å²) in [7, 11) is 2.05. The van der Waals surface area contributed by atoms with Gasteiger partial charge in [0.1, 0.15) is 0 Å². The molecule has 1 aromatic carbocycles. The van der Waals surface area contributed by atoms with Crippen molar-refractivity contribution < 1.29 is 4.79 Å². The number of rotatable bonds is 6. The summed E-state index contributed by atoms with van der Waals surface area (Å²) in [5.74, 6) is 0.863. The molecule has 0 saturated heterocycles. The number of carbonyl (C=O) groups excluding carboxylic acids is 1. The average molecular weight is 275 g/mol. The third-order valence-electron chi connectivity index (χ3n) is 4.29. The van der Waals surface area contributed by atoms with Crippen molar-refractivity contribution in [3.63, 3.8) is 0 Å². The molecule has 2 nitrogen and oxygen atoms in total. The highest BCUT2D eigenvalue weighted by molar-refractivity contribution is 6.00. The van der Waals surface area contributed by atoms with Gasteiger partial charge in [0.25, 0.3) is 0 Å². The molecule has 1 rings (SSSR count). The van der Waals surface area contributed by atoms with Crippen molar-refractivity contribution in [2.24, 2.45) is 5.92 Å². The van der Waals surface area contributed by atoms with Crippen LogP contribution in [-0.4, -0.2) is 29.8 Å². The Morgan fingerprint density at radius 3 is 2.20 bits per heavy atom. The first-order chi connectivity index (χ1) is 9.23. The van der Waals surface area contributed by atoms with Crippen LogP contribution in [0.1, 0.15) is 55.6 Å². The maximum Gasteiger partial charge on any atom is 0.179 e. The van der Waals surface area contributed by atoms with E-state index in [0.717, 1.165) is 12.0 Å². The number of aryl methyl sites for hydroxylation is 2. The average Bonchev–Trinajstić information content (AvgIpc) is 2.38. The van der Waals surface area contributed by atoms with Gasteiger partial charge in [-0.15, -0.1) is 0 Å². The molecule has 0 aliphatic rings. The van der Waals surface area contributed by atoms with Crippen LogP contribution in [0.5, 0.6) is 0 Å². The molecule has 0 aliphatic carbocycles. The lowest BCUT2D eigenvalue weighted by atomic mass is 9.97. The lowest BCUT2D eigenvalue weighted by molar-refractivity contribution is 0.0811. The highest BCUT2D eigenvalue weighted by atomic mass is 16.1. The Morgan fingerprint density at radius 1 is 1.10 bits per heavy atom. The van der Waals surface area contributed by atoms with E-state index in [9.17, 15) is 4.79 Å². The number of nitrogens with zero attached hydrogens (tertiary/aromatic N) is 1. The summed E-state index contributed by atoms with van der Waals surface area (Å²) in [4.78, 5) is 14.8. The highest BCUT2D eigenvalue weighted by Gasteiger charge is 2.23. The van der Waals surface area contributed by atoms with Crippen molar-refractivity contribution in [1.29, 1.82) is 0 Å². The normalized spacial score (nSPS) is 14.7. The first kappa shape index (κ1) is 16.9. The first-order valence-corrected chi connectivity index (χ1v) is 7.57. The molecule has 20 heavy (non-hydrogen) atoms. The Morgan fingerprint density at radius 2 is 1.70 bits per heavy atom. The van der Waals surface area contributed by atoms with E-state index in [-0.39, 0.29) is 11.8 Å². The number of benzene rings is 1. The lowest BCUT2D eigenvalue weighted by Gasteiger charge is -2.31. The number of hydrogen-bond donors (Lipinski definition) is 0. The summed E-state index contributed by atoms with van der Waals surface area (Å²) >= 11 is 0. The molecular weight excluding hydrogens is 246 g/mol. The van der Waals surface area contributed by atoms with Gasteiger partial charge in [-0.1, -0.05) is 26.0 Å². The molecule has 0 bridgehead atoms. The van der Waals surface area contributed by atoms with E-state index >= 15 is 0 Å². The van der Waals surface area contributed by atoms with Crippen LogP contribution in [0, 0.1) is 19.8 Å². The molecule has 0 aliphatic heterocycles. The van der Waals surface area contributed by atoms with Crippen molar-refractivity contribution in [1.82, 2.24) is 4.90 Å². The largest absolute Gasteiger partial charge is 0.294 e. The summed E-state index contributed by atoms with van der Waals surface area (Å²) < 4.78 is 0. The van der Waals surface area contributed by atoms with Crippen LogP contribution in [0.4, 0.5) is 0 Å². The zero-order valence-electron chi connectivity index (χ0n) is 14.0. The minimum atomic E-state index is -0.0779. The molecule has 0 amide bonds. The van der Waals surface area contributed by atoms with Gasteiger partial charge in [0, 0.05) is 11.6 Å². The quantitative estimate of drug-likeness (QED) is 0.724. The lowest BCUT2D eigenvalue weighted by Crippen LogP contribution is -2.42. The molecule has 0 heterocycles. The van der Waals surface area contributed by atoms with E-state index in [2.05, 4.69) is 46.6 Å². The minimum Gasteiger partial charge on any atom is -0.294 e. The number of ketones is 1. The summed E-state index contributed by atoms with van der Waals surface area (Å²) in [6.45, 7) is 12.8. The minimum absolute atomic E-state index is 0.0779. The van der Waals surface area contributed by atoms with E-state index in [1.54, 1.807) is 0 Å². The zero-order valence-corrected chi connectivity index (χ0v) is 14.0. The van der Waals surface area contributed by atoms with Gasteiger partial charge in [0.15, 0.2) is 5.78 Å². The Labute approximate surface area is 124 Å².